The highest BCUT2D eigenvalue weighted by molar-refractivity contribution is 5.78. The zero-order chi connectivity index (χ0) is 9.68. The molecule has 0 aliphatic carbocycles. The summed E-state index contributed by atoms with van der Waals surface area (Å²) in [5.74, 6) is 1.30. The molecular weight excluding hydrogens is 162 g/mol. The van der Waals surface area contributed by atoms with Crippen LogP contribution < -0.4 is 5.32 Å². The van der Waals surface area contributed by atoms with E-state index >= 15 is 0 Å². The maximum Gasteiger partial charge on any atom is 0.223 e. The Morgan fingerprint density at radius 3 is 2.92 bits per heavy atom. The smallest absolute Gasteiger partial charge is 0.223 e. The molecule has 0 aromatic rings. The van der Waals surface area contributed by atoms with Crippen molar-refractivity contribution in [3.8, 4) is 0 Å². The van der Waals surface area contributed by atoms with E-state index in [0.29, 0.717) is 5.92 Å². The molecule has 2 nitrogen and oxygen atoms in total. The predicted molar refractivity (Wildman–Crippen MR) is 54.4 cm³/mol. The number of carbonyl (C=O) groups is 1. The molecule has 1 heterocycles. The molecule has 1 rings (SSSR count). The van der Waals surface area contributed by atoms with Crippen molar-refractivity contribution in [1.29, 1.82) is 0 Å². The van der Waals surface area contributed by atoms with Crippen LogP contribution in [-0.2, 0) is 4.79 Å². The molecule has 0 radical (unpaired) electrons. The van der Waals surface area contributed by atoms with Crippen LogP contribution in [0.1, 0.15) is 46.0 Å². The van der Waals surface area contributed by atoms with E-state index < -0.39 is 0 Å². The van der Waals surface area contributed by atoms with E-state index in [1.165, 1.54) is 12.8 Å². The summed E-state index contributed by atoms with van der Waals surface area (Å²) in [6.07, 6.45) is 5.71. The molecule has 1 fully saturated rings. The first-order valence-corrected chi connectivity index (χ1v) is 5.48. The Labute approximate surface area is 81.1 Å². The molecular formula is C11H21NO. The van der Waals surface area contributed by atoms with Crippen molar-refractivity contribution < 1.29 is 4.79 Å². The van der Waals surface area contributed by atoms with Gasteiger partial charge in [0.05, 0.1) is 0 Å². The van der Waals surface area contributed by atoms with Crippen LogP contribution in [0.3, 0.4) is 0 Å². The number of hydrogen-bond acceptors (Lipinski definition) is 1. The van der Waals surface area contributed by atoms with Gasteiger partial charge in [0.2, 0.25) is 5.91 Å². The van der Waals surface area contributed by atoms with Crippen molar-refractivity contribution in [2.24, 2.45) is 11.8 Å². The summed E-state index contributed by atoms with van der Waals surface area (Å²) in [5, 5.41) is 2.98. The summed E-state index contributed by atoms with van der Waals surface area (Å²) in [6.45, 7) is 5.32. The van der Waals surface area contributed by atoms with Gasteiger partial charge in [-0.05, 0) is 25.2 Å². The minimum Gasteiger partial charge on any atom is -0.356 e. The molecule has 1 amide bonds. The zero-order valence-corrected chi connectivity index (χ0v) is 8.81. The highest BCUT2D eigenvalue weighted by atomic mass is 16.1. The third kappa shape index (κ3) is 3.79. The Hall–Kier alpha value is -0.530. The lowest BCUT2D eigenvalue weighted by atomic mass is 9.93. The Morgan fingerprint density at radius 1 is 1.46 bits per heavy atom. The van der Waals surface area contributed by atoms with Crippen LogP contribution in [0.2, 0.25) is 0 Å². The van der Waals surface area contributed by atoms with Gasteiger partial charge in [0.1, 0.15) is 0 Å². The van der Waals surface area contributed by atoms with E-state index in [1.54, 1.807) is 0 Å². The van der Waals surface area contributed by atoms with Crippen molar-refractivity contribution in [2.45, 2.75) is 46.0 Å². The summed E-state index contributed by atoms with van der Waals surface area (Å²) in [6, 6.07) is 0. The van der Waals surface area contributed by atoms with Gasteiger partial charge in [-0.15, -0.1) is 0 Å². The van der Waals surface area contributed by atoms with Gasteiger partial charge >= 0.3 is 0 Å². The van der Waals surface area contributed by atoms with Crippen molar-refractivity contribution in [3.05, 3.63) is 0 Å². The maximum absolute atomic E-state index is 11.5. The summed E-state index contributed by atoms with van der Waals surface area (Å²) in [5.41, 5.74) is 0. The lowest BCUT2D eigenvalue weighted by molar-refractivity contribution is -0.124. The highest BCUT2D eigenvalue weighted by Crippen LogP contribution is 2.20. The SMILES string of the molecule is CC(C)CCC1CCCCNC1=O. The fraction of sp³-hybridized carbons (Fsp3) is 0.909. The van der Waals surface area contributed by atoms with Gasteiger partial charge in [-0.1, -0.05) is 26.7 Å². The van der Waals surface area contributed by atoms with Crippen molar-refractivity contribution in [2.75, 3.05) is 6.54 Å². The monoisotopic (exact) mass is 183 g/mol. The van der Waals surface area contributed by atoms with E-state index in [-0.39, 0.29) is 5.91 Å². The van der Waals surface area contributed by atoms with E-state index in [0.717, 1.165) is 31.7 Å². The molecule has 1 atom stereocenters. The molecule has 13 heavy (non-hydrogen) atoms. The molecule has 0 aromatic carbocycles. The van der Waals surface area contributed by atoms with Crippen LogP contribution in [0.4, 0.5) is 0 Å². The second-order valence-corrected chi connectivity index (χ2v) is 4.45. The van der Waals surface area contributed by atoms with Crippen LogP contribution >= 0.6 is 0 Å². The van der Waals surface area contributed by atoms with Gasteiger partial charge in [-0.2, -0.15) is 0 Å². The van der Waals surface area contributed by atoms with Gasteiger partial charge in [0, 0.05) is 12.5 Å². The lowest BCUT2D eigenvalue weighted by Gasteiger charge is -2.13. The Kier molecular flexibility index (Phi) is 4.26. The molecule has 1 unspecified atom stereocenters. The topological polar surface area (TPSA) is 29.1 Å². The molecule has 1 aliphatic rings. The van der Waals surface area contributed by atoms with E-state index in [1.807, 2.05) is 0 Å². The molecule has 1 aliphatic heterocycles. The van der Waals surface area contributed by atoms with E-state index in [9.17, 15) is 4.79 Å². The molecule has 76 valence electrons. The third-order valence-corrected chi connectivity index (χ3v) is 2.74. The minimum absolute atomic E-state index is 0.290. The van der Waals surface area contributed by atoms with Crippen molar-refractivity contribution in [3.63, 3.8) is 0 Å². The van der Waals surface area contributed by atoms with Gasteiger partial charge < -0.3 is 5.32 Å². The average Bonchev–Trinajstić information content (AvgIpc) is 2.27. The van der Waals surface area contributed by atoms with Crippen molar-refractivity contribution in [1.82, 2.24) is 5.32 Å². The summed E-state index contributed by atoms with van der Waals surface area (Å²) >= 11 is 0. The molecule has 1 saturated heterocycles. The first-order chi connectivity index (χ1) is 6.20. The Bertz CT molecular complexity index is 165. The molecule has 2 heteroatoms. The fourth-order valence-electron chi connectivity index (χ4n) is 1.81. The number of rotatable bonds is 3. The summed E-state index contributed by atoms with van der Waals surface area (Å²) in [7, 11) is 0. The quantitative estimate of drug-likeness (QED) is 0.715. The van der Waals surface area contributed by atoms with Crippen molar-refractivity contribution >= 4 is 5.91 Å². The molecule has 1 N–H and O–H groups in total. The number of hydrogen-bond donors (Lipinski definition) is 1. The van der Waals surface area contributed by atoms with Crippen LogP contribution in [0.15, 0.2) is 0 Å². The number of carbonyl (C=O) groups excluding carboxylic acids is 1. The zero-order valence-electron chi connectivity index (χ0n) is 8.81. The van der Waals surface area contributed by atoms with Crippen LogP contribution in [0.25, 0.3) is 0 Å². The summed E-state index contributed by atoms with van der Waals surface area (Å²) < 4.78 is 0. The van der Waals surface area contributed by atoms with E-state index in [2.05, 4.69) is 19.2 Å². The Morgan fingerprint density at radius 2 is 2.23 bits per heavy atom. The standard InChI is InChI=1S/C11H21NO/c1-9(2)6-7-10-5-3-4-8-12-11(10)13/h9-10H,3-8H2,1-2H3,(H,12,13). The normalized spacial score (nSPS) is 24.2. The van der Waals surface area contributed by atoms with Gasteiger partial charge in [0.15, 0.2) is 0 Å². The Balaban J connectivity index is 2.32. The maximum atomic E-state index is 11.5. The van der Waals surface area contributed by atoms with E-state index in [4.69, 9.17) is 0 Å². The molecule has 0 spiro atoms. The number of amides is 1. The fourth-order valence-corrected chi connectivity index (χ4v) is 1.81. The van der Waals surface area contributed by atoms with Gasteiger partial charge in [0.25, 0.3) is 0 Å². The highest BCUT2D eigenvalue weighted by Gasteiger charge is 2.19. The first kappa shape index (κ1) is 10.6. The molecule has 0 aromatic heterocycles. The van der Waals surface area contributed by atoms with Crippen LogP contribution in [0, 0.1) is 11.8 Å². The molecule has 0 bridgehead atoms. The van der Waals surface area contributed by atoms with Gasteiger partial charge in [-0.3, -0.25) is 4.79 Å². The minimum atomic E-state index is 0.290. The van der Waals surface area contributed by atoms with Crippen LogP contribution in [0.5, 0.6) is 0 Å². The predicted octanol–water partition coefficient (Wildman–Crippen LogP) is 2.34. The lowest BCUT2D eigenvalue weighted by Crippen LogP contribution is -2.28. The average molecular weight is 183 g/mol. The van der Waals surface area contributed by atoms with Gasteiger partial charge in [-0.25, -0.2) is 0 Å². The second kappa shape index (κ2) is 5.25. The van der Waals surface area contributed by atoms with Crippen LogP contribution in [-0.4, -0.2) is 12.5 Å². The first-order valence-electron chi connectivity index (χ1n) is 5.48. The largest absolute Gasteiger partial charge is 0.356 e. The summed E-state index contributed by atoms with van der Waals surface area (Å²) in [4.78, 5) is 11.5. The second-order valence-electron chi connectivity index (χ2n) is 4.45. The molecule has 0 saturated carbocycles. The third-order valence-electron chi connectivity index (χ3n) is 2.74. The number of nitrogens with one attached hydrogen (secondary N) is 1.